The van der Waals surface area contributed by atoms with E-state index in [0.717, 1.165) is 0 Å². The first kappa shape index (κ1) is 15.1. The summed E-state index contributed by atoms with van der Waals surface area (Å²) in [5.41, 5.74) is 0.996. The van der Waals surface area contributed by atoms with Gasteiger partial charge in [-0.25, -0.2) is 9.48 Å². The molecule has 1 N–H and O–H groups in total. The van der Waals surface area contributed by atoms with Crippen LogP contribution < -0.4 is 0 Å². The second kappa shape index (κ2) is 6.13. The summed E-state index contributed by atoms with van der Waals surface area (Å²) in [6, 6.07) is 5.82. The molecule has 1 aromatic carbocycles. The lowest BCUT2D eigenvalue weighted by atomic mass is 10.1. The minimum atomic E-state index is -1.03. The Hall–Kier alpha value is -2.81. The predicted octanol–water partition coefficient (Wildman–Crippen LogP) is -0.0236. The summed E-state index contributed by atoms with van der Waals surface area (Å²) in [7, 11) is 1.51. The fraction of sp³-hybridized carbons (Fsp3) is 0.357. The molecule has 0 radical (unpaired) electrons. The van der Waals surface area contributed by atoms with Gasteiger partial charge in [0, 0.05) is 25.6 Å². The molecule has 0 bridgehead atoms. The number of carboxylic acids is 1. The van der Waals surface area contributed by atoms with Gasteiger partial charge in [0.1, 0.15) is 12.4 Å². The summed E-state index contributed by atoms with van der Waals surface area (Å²) in [6.07, 6.45) is 1.42. The van der Waals surface area contributed by atoms with Crippen LogP contribution in [0.1, 0.15) is 16.8 Å². The molecule has 1 aromatic heterocycles. The molecule has 0 aliphatic carbocycles. The molecule has 2 aromatic rings. The van der Waals surface area contributed by atoms with Gasteiger partial charge < -0.3 is 14.7 Å². The first-order valence-electron chi connectivity index (χ1n) is 7.00. The topological polar surface area (TPSA) is 110 Å². The van der Waals surface area contributed by atoms with Gasteiger partial charge in [-0.1, -0.05) is 6.07 Å². The largest absolute Gasteiger partial charge is 0.480 e. The molecular formula is C14H15N5O4. The van der Waals surface area contributed by atoms with Gasteiger partial charge >= 0.3 is 5.97 Å². The molecular weight excluding hydrogens is 302 g/mol. The quantitative estimate of drug-likeness (QED) is 0.843. The second-order valence-electron chi connectivity index (χ2n) is 5.21. The van der Waals surface area contributed by atoms with Gasteiger partial charge in [-0.05, 0) is 28.6 Å². The summed E-state index contributed by atoms with van der Waals surface area (Å²) in [5.74, 6) is -1.39. The Kier molecular flexibility index (Phi) is 4.02. The monoisotopic (exact) mass is 317 g/mol. The third-order valence-electron chi connectivity index (χ3n) is 3.85. The third kappa shape index (κ3) is 2.90. The van der Waals surface area contributed by atoms with E-state index in [4.69, 9.17) is 4.74 Å². The van der Waals surface area contributed by atoms with Crippen molar-refractivity contribution in [3.8, 4) is 5.69 Å². The Morgan fingerprint density at radius 2 is 2.22 bits per heavy atom. The van der Waals surface area contributed by atoms with Crippen molar-refractivity contribution in [1.82, 2.24) is 25.1 Å². The van der Waals surface area contributed by atoms with Crippen LogP contribution in [0.5, 0.6) is 0 Å². The second-order valence-corrected chi connectivity index (χ2v) is 5.21. The average Bonchev–Trinajstić information content (AvgIpc) is 3.23. The Labute approximate surface area is 131 Å². The van der Waals surface area contributed by atoms with Gasteiger partial charge in [0.15, 0.2) is 0 Å². The molecule has 120 valence electrons. The Balaban J connectivity index is 1.88. The normalized spacial score (nSPS) is 20.7. The summed E-state index contributed by atoms with van der Waals surface area (Å²) in [6.45, 7) is 0.251. The summed E-state index contributed by atoms with van der Waals surface area (Å²) < 4.78 is 6.63. The van der Waals surface area contributed by atoms with Crippen LogP contribution in [-0.4, -0.2) is 67.9 Å². The molecule has 9 heteroatoms. The van der Waals surface area contributed by atoms with Crippen LogP contribution in [0.2, 0.25) is 0 Å². The number of aromatic nitrogens is 4. The van der Waals surface area contributed by atoms with Crippen LogP contribution in [0.3, 0.4) is 0 Å². The lowest BCUT2D eigenvalue weighted by Gasteiger charge is -2.21. The minimum Gasteiger partial charge on any atom is -0.480 e. The molecule has 0 saturated carbocycles. The maximum absolute atomic E-state index is 12.7. The van der Waals surface area contributed by atoms with Crippen LogP contribution in [0.25, 0.3) is 5.69 Å². The van der Waals surface area contributed by atoms with Crippen molar-refractivity contribution in [2.75, 3.05) is 13.7 Å². The number of carbonyl (C=O) groups excluding carboxylic acids is 1. The van der Waals surface area contributed by atoms with E-state index in [1.54, 1.807) is 24.3 Å². The number of rotatable bonds is 4. The minimum absolute atomic E-state index is 0.251. The van der Waals surface area contributed by atoms with Crippen LogP contribution in [0.4, 0.5) is 0 Å². The molecule has 1 saturated heterocycles. The summed E-state index contributed by atoms with van der Waals surface area (Å²) in [5, 5.41) is 20.2. The average molecular weight is 317 g/mol. The fourth-order valence-corrected chi connectivity index (χ4v) is 2.65. The molecule has 1 amide bonds. The van der Waals surface area contributed by atoms with Gasteiger partial charge in [0.2, 0.25) is 0 Å². The van der Waals surface area contributed by atoms with E-state index >= 15 is 0 Å². The van der Waals surface area contributed by atoms with Gasteiger partial charge in [-0.2, -0.15) is 0 Å². The van der Waals surface area contributed by atoms with Gasteiger partial charge in [0.25, 0.3) is 5.91 Å². The van der Waals surface area contributed by atoms with Crippen molar-refractivity contribution < 1.29 is 19.4 Å². The Morgan fingerprint density at radius 1 is 1.39 bits per heavy atom. The summed E-state index contributed by atoms with van der Waals surface area (Å²) >= 11 is 0. The van der Waals surface area contributed by atoms with E-state index in [9.17, 15) is 14.7 Å². The number of hydrogen-bond acceptors (Lipinski definition) is 6. The number of benzene rings is 1. The fourth-order valence-electron chi connectivity index (χ4n) is 2.65. The maximum Gasteiger partial charge on any atom is 0.326 e. The highest BCUT2D eigenvalue weighted by molar-refractivity contribution is 5.97. The number of nitrogens with zero attached hydrogens (tertiary/aromatic N) is 5. The molecule has 2 unspecified atom stereocenters. The molecule has 9 nitrogen and oxygen atoms in total. The maximum atomic E-state index is 12.7. The van der Waals surface area contributed by atoms with Crippen LogP contribution >= 0.6 is 0 Å². The number of aliphatic carboxylic acids is 1. The van der Waals surface area contributed by atoms with Crippen LogP contribution in [0, 0.1) is 0 Å². The van der Waals surface area contributed by atoms with E-state index in [1.807, 2.05) is 0 Å². The van der Waals surface area contributed by atoms with Crippen molar-refractivity contribution in [2.45, 2.75) is 18.6 Å². The molecule has 1 fully saturated rings. The Bertz CT molecular complexity index is 718. The van der Waals surface area contributed by atoms with Crippen LogP contribution in [-0.2, 0) is 9.53 Å². The van der Waals surface area contributed by atoms with Crippen LogP contribution in [0.15, 0.2) is 30.6 Å². The van der Waals surface area contributed by atoms with Crippen molar-refractivity contribution in [3.05, 3.63) is 36.2 Å². The van der Waals surface area contributed by atoms with Crippen molar-refractivity contribution in [2.24, 2.45) is 0 Å². The molecule has 23 heavy (non-hydrogen) atoms. The lowest BCUT2D eigenvalue weighted by Crippen LogP contribution is -2.40. The van der Waals surface area contributed by atoms with E-state index in [0.29, 0.717) is 11.3 Å². The highest BCUT2D eigenvalue weighted by Gasteiger charge is 2.40. The van der Waals surface area contributed by atoms with Gasteiger partial charge in [0.05, 0.1) is 11.8 Å². The first-order valence-corrected chi connectivity index (χ1v) is 7.00. The number of likely N-dealkylation sites (tertiary alicyclic amines) is 1. The number of tetrazole rings is 1. The first-order chi connectivity index (χ1) is 11.1. The smallest absolute Gasteiger partial charge is 0.326 e. The number of amides is 1. The van der Waals surface area contributed by atoms with Crippen molar-refractivity contribution >= 4 is 11.9 Å². The number of methoxy groups -OCH3 is 1. The van der Waals surface area contributed by atoms with Crippen molar-refractivity contribution in [3.63, 3.8) is 0 Å². The molecule has 2 heterocycles. The number of hydrogen-bond donors (Lipinski definition) is 1. The molecule has 1 aliphatic heterocycles. The zero-order valence-electron chi connectivity index (χ0n) is 12.4. The number of carbonyl (C=O) groups is 2. The van der Waals surface area contributed by atoms with E-state index in [1.165, 1.54) is 23.0 Å². The molecule has 0 spiro atoms. The highest BCUT2D eigenvalue weighted by Crippen LogP contribution is 2.23. The van der Waals surface area contributed by atoms with E-state index in [-0.39, 0.29) is 25.0 Å². The highest BCUT2D eigenvalue weighted by atomic mass is 16.5. The zero-order chi connectivity index (χ0) is 16.4. The molecule has 3 rings (SSSR count). The Morgan fingerprint density at radius 3 is 2.87 bits per heavy atom. The van der Waals surface area contributed by atoms with Crippen molar-refractivity contribution in [1.29, 1.82) is 0 Å². The number of carboxylic acid groups (broad SMARTS) is 1. The standard InChI is InChI=1S/C14H15N5O4/c1-23-11-6-12(14(21)22)18(7-11)13(20)9-3-2-4-10(5-9)19-8-15-16-17-19/h2-5,8,11-12H,6-7H2,1H3,(H,21,22). The van der Waals surface area contributed by atoms with E-state index in [2.05, 4.69) is 15.5 Å². The molecule has 2 atom stereocenters. The number of ether oxygens (including phenoxy) is 1. The lowest BCUT2D eigenvalue weighted by molar-refractivity contribution is -0.141. The van der Waals surface area contributed by atoms with Gasteiger partial charge in [-0.3, -0.25) is 4.79 Å². The third-order valence-corrected chi connectivity index (χ3v) is 3.85. The predicted molar refractivity (Wildman–Crippen MR) is 77.0 cm³/mol. The SMILES string of the molecule is COC1CC(C(=O)O)N(C(=O)c2cccc(-n3cnnn3)c2)C1. The van der Waals surface area contributed by atoms with Gasteiger partial charge in [-0.15, -0.1) is 5.10 Å². The van der Waals surface area contributed by atoms with E-state index < -0.39 is 12.0 Å². The zero-order valence-corrected chi connectivity index (χ0v) is 12.4. The summed E-state index contributed by atoms with van der Waals surface area (Å²) in [4.78, 5) is 25.4. The molecule has 1 aliphatic rings.